The molecule has 1 heterocycles. The molecule has 0 aliphatic rings. The summed E-state index contributed by atoms with van der Waals surface area (Å²) in [5.41, 5.74) is -4.15. The van der Waals surface area contributed by atoms with E-state index in [2.05, 4.69) is 5.10 Å². The molecule has 0 amide bonds. The number of hydrogen-bond acceptors (Lipinski definition) is 6. The summed E-state index contributed by atoms with van der Waals surface area (Å²) in [6.45, 7) is 0. The molecule has 3 rings (SSSR count). The molecular weight excluding hydrogens is 436 g/mol. The highest BCUT2D eigenvalue weighted by atomic mass is 19.4. The van der Waals surface area contributed by atoms with Gasteiger partial charge in [-0.2, -0.15) is 18.3 Å². The molecule has 0 aliphatic carbocycles. The number of esters is 2. The Balaban J connectivity index is 2.54. The van der Waals surface area contributed by atoms with Crippen LogP contribution < -0.4 is 4.74 Å². The van der Waals surface area contributed by atoms with Gasteiger partial charge in [-0.3, -0.25) is 0 Å². The van der Waals surface area contributed by atoms with E-state index in [0.717, 1.165) is 32.1 Å². The van der Waals surface area contributed by atoms with Gasteiger partial charge in [-0.25, -0.2) is 18.7 Å². The van der Waals surface area contributed by atoms with Crippen LogP contribution in [0.1, 0.15) is 26.4 Å². The lowest BCUT2D eigenvalue weighted by Gasteiger charge is -2.16. The van der Waals surface area contributed by atoms with Gasteiger partial charge in [0.25, 0.3) is 0 Å². The molecule has 0 saturated carbocycles. The van der Waals surface area contributed by atoms with Crippen molar-refractivity contribution in [3.8, 4) is 22.7 Å². The summed E-state index contributed by atoms with van der Waals surface area (Å²) in [6, 6.07) is 9.36. The number of ether oxygens (including phenoxy) is 3. The van der Waals surface area contributed by atoms with Gasteiger partial charge in [-0.15, -0.1) is 0 Å². The second-order valence-electron chi connectivity index (χ2n) is 6.30. The monoisotopic (exact) mass is 452 g/mol. The molecule has 0 bridgehead atoms. The lowest BCUT2D eigenvalue weighted by Crippen LogP contribution is -2.16. The number of alkyl halides is 3. The summed E-state index contributed by atoms with van der Waals surface area (Å²) in [4.78, 5) is 25.2. The summed E-state index contributed by atoms with van der Waals surface area (Å²) < 4.78 is 71.3. The first-order chi connectivity index (χ1) is 15.1. The number of benzene rings is 2. The fourth-order valence-electron chi connectivity index (χ4n) is 3.17. The van der Waals surface area contributed by atoms with Crippen LogP contribution in [0.2, 0.25) is 0 Å². The van der Waals surface area contributed by atoms with Crippen molar-refractivity contribution < 1.29 is 41.4 Å². The third kappa shape index (κ3) is 3.88. The van der Waals surface area contributed by atoms with E-state index in [-0.39, 0.29) is 5.69 Å². The molecule has 11 heteroatoms. The zero-order valence-electron chi connectivity index (χ0n) is 17.0. The van der Waals surface area contributed by atoms with E-state index in [1.807, 2.05) is 0 Å². The number of rotatable bonds is 5. The summed E-state index contributed by atoms with van der Waals surface area (Å²) in [5.74, 6) is -4.28. The van der Waals surface area contributed by atoms with Crippen molar-refractivity contribution in [3.05, 3.63) is 65.1 Å². The van der Waals surface area contributed by atoms with Gasteiger partial charge in [-0.1, -0.05) is 18.2 Å². The van der Waals surface area contributed by atoms with E-state index in [1.54, 1.807) is 18.2 Å². The summed E-state index contributed by atoms with van der Waals surface area (Å²) in [5, 5.41) is 4.08. The second-order valence-corrected chi connectivity index (χ2v) is 6.30. The average Bonchev–Trinajstić information content (AvgIpc) is 3.17. The normalized spacial score (nSPS) is 11.2. The molecule has 168 valence electrons. The van der Waals surface area contributed by atoms with Crippen molar-refractivity contribution in [3.63, 3.8) is 0 Å². The van der Waals surface area contributed by atoms with Gasteiger partial charge in [0.15, 0.2) is 5.69 Å². The first kappa shape index (κ1) is 22.8. The molecule has 0 spiro atoms. The molecule has 32 heavy (non-hydrogen) atoms. The molecule has 3 aromatic rings. The highest BCUT2D eigenvalue weighted by Gasteiger charge is 2.42. The predicted octanol–water partition coefficient (Wildman–Crippen LogP) is 4.28. The summed E-state index contributed by atoms with van der Waals surface area (Å²) in [7, 11) is 3.07. The average molecular weight is 452 g/mol. The fourth-order valence-corrected chi connectivity index (χ4v) is 3.17. The molecule has 0 saturated heterocycles. The summed E-state index contributed by atoms with van der Waals surface area (Å²) >= 11 is 0. The molecule has 1 aromatic heterocycles. The van der Waals surface area contributed by atoms with Crippen molar-refractivity contribution >= 4 is 11.9 Å². The fraction of sp³-hybridized carbons (Fsp3) is 0.190. The third-order valence-electron chi connectivity index (χ3n) is 4.51. The maximum atomic E-state index is 14.4. The molecule has 0 N–H and O–H groups in total. The lowest BCUT2D eigenvalue weighted by molar-refractivity contribution is -0.139. The van der Waals surface area contributed by atoms with Crippen molar-refractivity contribution in [1.29, 1.82) is 0 Å². The van der Waals surface area contributed by atoms with E-state index < -0.39 is 57.8 Å². The number of hydrogen-bond donors (Lipinski definition) is 0. The zero-order valence-corrected chi connectivity index (χ0v) is 17.0. The first-order valence-corrected chi connectivity index (χ1v) is 8.94. The molecule has 2 aromatic carbocycles. The molecule has 0 radical (unpaired) electrons. The smallest absolute Gasteiger partial charge is 0.420 e. The number of carbonyl (C=O) groups excluding carboxylic acids is 2. The van der Waals surface area contributed by atoms with E-state index in [9.17, 15) is 27.2 Å². The second kappa shape index (κ2) is 8.69. The minimum Gasteiger partial charge on any atom is -0.496 e. The highest BCUT2D eigenvalue weighted by molar-refractivity contribution is 6.07. The Labute approximate surface area is 179 Å². The van der Waals surface area contributed by atoms with Gasteiger partial charge < -0.3 is 14.2 Å². The van der Waals surface area contributed by atoms with Crippen molar-refractivity contribution in [2.24, 2.45) is 0 Å². The molecular formula is C21H16F4N2O5. The van der Waals surface area contributed by atoms with Crippen molar-refractivity contribution in [2.45, 2.75) is 6.18 Å². The van der Waals surface area contributed by atoms with E-state index >= 15 is 0 Å². The van der Waals surface area contributed by atoms with Crippen LogP contribution in [0.3, 0.4) is 0 Å². The number of nitrogens with zero attached hydrogens (tertiary/aromatic N) is 2. The quantitative estimate of drug-likeness (QED) is 0.425. The Morgan fingerprint density at radius 1 is 0.938 bits per heavy atom. The van der Waals surface area contributed by atoms with Gasteiger partial charge in [0.05, 0.1) is 32.6 Å². The Morgan fingerprint density at radius 3 is 2.09 bits per heavy atom. The SMILES string of the molecule is COC(=O)c1c(-c2c(OC)ccc(F)c2C(F)(F)F)nn(-c2ccccc2)c1C(=O)OC. The topological polar surface area (TPSA) is 79.7 Å². The largest absolute Gasteiger partial charge is 0.496 e. The maximum absolute atomic E-state index is 14.4. The standard InChI is InChI=1S/C21H16F4N2O5/c1-30-13-10-9-12(22)16(21(23,24)25)14(13)17-15(19(28)31-2)18(20(29)32-3)27(26-17)11-7-5-4-6-8-11/h4-10H,1-3H3. The maximum Gasteiger partial charge on any atom is 0.420 e. The van der Waals surface area contributed by atoms with E-state index in [0.29, 0.717) is 6.07 Å². The lowest BCUT2D eigenvalue weighted by atomic mass is 9.98. The molecule has 0 aliphatic heterocycles. The van der Waals surface area contributed by atoms with Crippen molar-refractivity contribution in [1.82, 2.24) is 9.78 Å². The van der Waals surface area contributed by atoms with Crippen LogP contribution in [-0.4, -0.2) is 43.0 Å². The van der Waals surface area contributed by atoms with Crippen LogP contribution >= 0.6 is 0 Å². The Morgan fingerprint density at radius 2 is 1.56 bits per heavy atom. The van der Waals surface area contributed by atoms with Gasteiger partial charge in [0.1, 0.15) is 28.4 Å². The predicted molar refractivity (Wildman–Crippen MR) is 103 cm³/mol. The molecule has 0 fully saturated rings. The highest BCUT2D eigenvalue weighted by Crippen LogP contribution is 2.45. The van der Waals surface area contributed by atoms with Crippen molar-refractivity contribution in [2.75, 3.05) is 21.3 Å². The zero-order chi connectivity index (χ0) is 23.6. The van der Waals surface area contributed by atoms with Crippen LogP contribution in [0.5, 0.6) is 5.75 Å². The van der Waals surface area contributed by atoms with E-state index in [4.69, 9.17) is 14.2 Å². The Kier molecular flexibility index (Phi) is 6.19. The summed E-state index contributed by atoms with van der Waals surface area (Å²) in [6.07, 6.45) is -5.18. The number of halogens is 4. The van der Waals surface area contributed by atoms with Crippen LogP contribution in [-0.2, 0) is 15.7 Å². The number of para-hydroxylation sites is 1. The molecule has 7 nitrogen and oxygen atoms in total. The Hall–Kier alpha value is -3.89. The number of carbonyl (C=O) groups is 2. The minimum absolute atomic E-state index is 0.230. The Bertz CT molecular complexity index is 1170. The minimum atomic E-state index is -5.18. The van der Waals surface area contributed by atoms with Crippen LogP contribution in [0.15, 0.2) is 42.5 Å². The molecule has 0 atom stereocenters. The van der Waals surface area contributed by atoms with Gasteiger partial charge in [0.2, 0.25) is 0 Å². The van der Waals surface area contributed by atoms with Crippen LogP contribution in [0.25, 0.3) is 16.9 Å². The van der Waals surface area contributed by atoms with Gasteiger partial charge in [-0.05, 0) is 24.3 Å². The van der Waals surface area contributed by atoms with Gasteiger partial charge in [0, 0.05) is 0 Å². The van der Waals surface area contributed by atoms with Crippen LogP contribution in [0.4, 0.5) is 17.6 Å². The third-order valence-corrected chi connectivity index (χ3v) is 4.51. The van der Waals surface area contributed by atoms with E-state index in [1.165, 1.54) is 12.1 Å². The van der Waals surface area contributed by atoms with Gasteiger partial charge >= 0.3 is 18.1 Å². The first-order valence-electron chi connectivity index (χ1n) is 8.94. The number of aromatic nitrogens is 2. The number of methoxy groups -OCH3 is 3. The molecule has 0 unspecified atom stereocenters. The van der Waals surface area contributed by atoms with Crippen LogP contribution in [0, 0.1) is 5.82 Å².